The predicted molar refractivity (Wildman–Crippen MR) is 95.6 cm³/mol. The predicted octanol–water partition coefficient (Wildman–Crippen LogP) is 4.02. The summed E-state index contributed by atoms with van der Waals surface area (Å²) in [5.74, 6) is 1.02. The maximum absolute atomic E-state index is 9.19. The molecule has 3 rings (SSSR count). The molecular formula is C19H14N6. The summed E-state index contributed by atoms with van der Waals surface area (Å²) < 4.78 is 0. The number of benzene rings is 2. The number of hydrogen-bond acceptors (Lipinski definition) is 6. The van der Waals surface area contributed by atoms with Gasteiger partial charge in [0, 0.05) is 17.4 Å². The molecule has 0 saturated carbocycles. The van der Waals surface area contributed by atoms with Gasteiger partial charge in [-0.05, 0) is 43.3 Å². The normalized spacial score (nSPS) is 9.72. The van der Waals surface area contributed by atoms with Gasteiger partial charge in [0.1, 0.15) is 11.9 Å². The van der Waals surface area contributed by atoms with Crippen molar-refractivity contribution in [2.75, 3.05) is 10.6 Å². The van der Waals surface area contributed by atoms with Crippen LogP contribution in [0, 0.1) is 29.6 Å². The molecule has 0 saturated heterocycles. The van der Waals surface area contributed by atoms with Gasteiger partial charge in [0.15, 0.2) is 0 Å². The van der Waals surface area contributed by atoms with Crippen LogP contribution in [0.15, 0.2) is 54.6 Å². The van der Waals surface area contributed by atoms with Gasteiger partial charge < -0.3 is 10.6 Å². The second-order valence-electron chi connectivity index (χ2n) is 5.31. The Morgan fingerprint density at radius 1 is 0.880 bits per heavy atom. The molecule has 0 aliphatic heterocycles. The second kappa shape index (κ2) is 7.12. The fourth-order valence-corrected chi connectivity index (χ4v) is 2.27. The van der Waals surface area contributed by atoms with Crippen LogP contribution in [0.5, 0.6) is 0 Å². The van der Waals surface area contributed by atoms with Gasteiger partial charge in [0.05, 0.1) is 22.9 Å². The lowest BCUT2D eigenvalue weighted by Gasteiger charge is -2.11. The molecule has 0 atom stereocenters. The molecule has 25 heavy (non-hydrogen) atoms. The van der Waals surface area contributed by atoms with Crippen molar-refractivity contribution in [2.45, 2.75) is 6.92 Å². The summed E-state index contributed by atoms with van der Waals surface area (Å²) >= 11 is 0. The number of anilines is 4. The first-order chi connectivity index (χ1) is 12.2. The minimum atomic E-state index is 0.432. The summed E-state index contributed by atoms with van der Waals surface area (Å²) in [4.78, 5) is 8.80. The Balaban J connectivity index is 1.85. The highest BCUT2D eigenvalue weighted by molar-refractivity contribution is 5.65. The standard InChI is InChI=1S/C19H14N6/c1-13-10-18(24-17-5-3-2-4-15(17)12-21)25-19(22-13)23-16-8-6-14(11-20)7-9-16/h2-10H,1H3,(H2,22,23,24,25). The van der Waals surface area contributed by atoms with E-state index in [2.05, 4.69) is 32.7 Å². The third-order valence-electron chi connectivity index (χ3n) is 3.43. The first-order valence-electron chi connectivity index (χ1n) is 7.57. The highest BCUT2D eigenvalue weighted by Gasteiger charge is 2.06. The van der Waals surface area contributed by atoms with Crippen molar-refractivity contribution in [3.63, 3.8) is 0 Å². The van der Waals surface area contributed by atoms with Gasteiger partial charge in [-0.15, -0.1) is 0 Å². The minimum Gasteiger partial charge on any atom is -0.339 e. The molecule has 3 aromatic rings. The van der Waals surface area contributed by atoms with Crippen LogP contribution >= 0.6 is 0 Å². The van der Waals surface area contributed by atoms with Crippen LogP contribution in [-0.2, 0) is 0 Å². The van der Waals surface area contributed by atoms with E-state index in [1.807, 2.05) is 25.1 Å². The Morgan fingerprint density at radius 2 is 1.64 bits per heavy atom. The molecule has 2 N–H and O–H groups in total. The minimum absolute atomic E-state index is 0.432. The second-order valence-corrected chi connectivity index (χ2v) is 5.31. The van der Waals surface area contributed by atoms with Crippen molar-refractivity contribution < 1.29 is 0 Å². The van der Waals surface area contributed by atoms with Gasteiger partial charge in [-0.2, -0.15) is 15.5 Å². The molecule has 0 unspecified atom stereocenters. The van der Waals surface area contributed by atoms with E-state index in [1.54, 1.807) is 36.4 Å². The third kappa shape index (κ3) is 3.90. The fourth-order valence-electron chi connectivity index (χ4n) is 2.27. The average molecular weight is 326 g/mol. The summed E-state index contributed by atoms with van der Waals surface area (Å²) in [7, 11) is 0. The summed E-state index contributed by atoms with van der Waals surface area (Å²) in [5, 5.41) is 24.3. The first-order valence-corrected chi connectivity index (χ1v) is 7.57. The third-order valence-corrected chi connectivity index (χ3v) is 3.43. The first kappa shape index (κ1) is 16.0. The lowest BCUT2D eigenvalue weighted by Crippen LogP contribution is -2.03. The van der Waals surface area contributed by atoms with Gasteiger partial charge in [-0.1, -0.05) is 12.1 Å². The highest BCUT2D eigenvalue weighted by atomic mass is 15.1. The molecule has 0 bridgehead atoms. The Bertz CT molecular complexity index is 980. The van der Waals surface area contributed by atoms with E-state index in [9.17, 15) is 5.26 Å². The Labute approximate surface area is 145 Å². The lowest BCUT2D eigenvalue weighted by atomic mass is 10.2. The van der Waals surface area contributed by atoms with Crippen molar-refractivity contribution in [3.05, 3.63) is 71.4 Å². The van der Waals surface area contributed by atoms with Crippen molar-refractivity contribution in [1.29, 1.82) is 10.5 Å². The zero-order chi connectivity index (χ0) is 17.6. The maximum atomic E-state index is 9.19. The van der Waals surface area contributed by atoms with E-state index in [-0.39, 0.29) is 0 Å². The largest absolute Gasteiger partial charge is 0.339 e. The molecule has 0 aliphatic rings. The van der Waals surface area contributed by atoms with Crippen molar-refractivity contribution in [3.8, 4) is 12.1 Å². The number of para-hydroxylation sites is 1. The van der Waals surface area contributed by atoms with Gasteiger partial charge in [-0.25, -0.2) is 4.98 Å². The Hall–Kier alpha value is -3.90. The zero-order valence-corrected chi connectivity index (χ0v) is 13.5. The highest BCUT2D eigenvalue weighted by Crippen LogP contribution is 2.21. The van der Waals surface area contributed by atoms with Crippen LogP contribution < -0.4 is 10.6 Å². The Kier molecular flexibility index (Phi) is 4.55. The van der Waals surface area contributed by atoms with E-state index in [1.165, 1.54) is 0 Å². The molecule has 2 aromatic carbocycles. The molecule has 0 fully saturated rings. The molecule has 1 aromatic heterocycles. The molecule has 120 valence electrons. The SMILES string of the molecule is Cc1cc(Nc2ccccc2C#N)nc(Nc2ccc(C#N)cc2)n1. The van der Waals surface area contributed by atoms with Crippen LogP contribution in [0.25, 0.3) is 0 Å². The fraction of sp³-hybridized carbons (Fsp3) is 0.0526. The van der Waals surface area contributed by atoms with Crippen molar-refractivity contribution in [2.24, 2.45) is 0 Å². The number of hydrogen-bond donors (Lipinski definition) is 2. The number of nitrogens with one attached hydrogen (secondary N) is 2. The van der Waals surface area contributed by atoms with Crippen LogP contribution in [0.4, 0.5) is 23.1 Å². The smallest absolute Gasteiger partial charge is 0.229 e. The zero-order valence-electron chi connectivity index (χ0n) is 13.5. The van der Waals surface area contributed by atoms with E-state index in [0.717, 1.165) is 11.4 Å². The van der Waals surface area contributed by atoms with Crippen molar-refractivity contribution >= 4 is 23.1 Å². The molecular weight excluding hydrogens is 312 g/mol. The molecule has 0 amide bonds. The summed E-state index contributed by atoms with van der Waals surface area (Å²) in [5.41, 5.74) is 3.38. The molecule has 0 spiro atoms. The van der Waals surface area contributed by atoms with Gasteiger partial charge >= 0.3 is 0 Å². The van der Waals surface area contributed by atoms with E-state index < -0.39 is 0 Å². The van der Waals surface area contributed by atoms with Crippen LogP contribution in [0.2, 0.25) is 0 Å². The van der Waals surface area contributed by atoms with Gasteiger partial charge in [0.25, 0.3) is 0 Å². The molecule has 0 radical (unpaired) electrons. The van der Waals surface area contributed by atoms with Crippen molar-refractivity contribution in [1.82, 2.24) is 9.97 Å². The summed E-state index contributed by atoms with van der Waals surface area (Å²) in [6, 6.07) is 20.3. The van der Waals surface area contributed by atoms with Crippen LogP contribution in [0.3, 0.4) is 0 Å². The monoisotopic (exact) mass is 326 g/mol. The summed E-state index contributed by atoms with van der Waals surface area (Å²) in [6.45, 7) is 1.87. The molecule has 0 aliphatic carbocycles. The number of nitriles is 2. The van der Waals surface area contributed by atoms with Gasteiger partial charge in [-0.3, -0.25) is 0 Å². The number of aromatic nitrogens is 2. The lowest BCUT2D eigenvalue weighted by molar-refractivity contribution is 1.11. The number of nitrogens with zero attached hydrogens (tertiary/aromatic N) is 4. The topological polar surface area (TPSA) is 97.4 Å². The summed E-state index contributed by atoms with van der Waals surface area (Å²) in [6.07, 6.45) is 0. The van der Waals surface area contributed by atoms with E-state index in [0.29, 0.717) is 28.6 Å². The van der Waals surface area contributed by atoms with E-state index >= 15 is 0 Å². The van der Waals surface area contributed by atoms with Gasteiger partial charge in [0.2, 0.25) is 5.95 Å². The van der Waals surface area contributed by atoms with Crippen LogP contribution in [-0.4, -0.2) is 9.97 Å². The molecule has 6 nitrogen and oxygen atoms in total. The van der Waals surface area contributed by atoms with E-state index in [4.69, 9.17) is 5.26 Å². The van der Waals surface area contributed by atoms with Crippen LogP contribution in [0.1, 0.15) is 16.8 Å². The number of aryl methyl sites for hydroxylation is 1. The number of rotatable bonds is 4. The quantitative estimate of drug-likeness (QED) is 0.751. The molecule has 6 heteroatoms. The molecule has 1 heterocycles. The average Bonchev–Trinajstić information content (AvgIpc) is 2.62. The Morgan fingerprint density at radius 3 is 2.36 bits per heavy atom. The maximum Gasteiger partial charge on any atom is 0.229 e.